The van der Waals surface area contributed by atoms with Gasteiger partial charge in [0.2, 0.25) is 5.91 Å². The molecule has 3 N–H and O–H groups in total. The van der Waals surface area contributed by atoms with E-state index in [1.165, 1.54) is 0 Å². The predicted molar refractivity (Wildman–Crippen MR) is 132 cm³/mol. The molecule has 0 spiro atoms. The number of aryl methyl sites for hydroxylation is 1. The molecule has 0 aliphatic heterocycles. The zero-order valence-electron chi connectivity index (χ0n) is 18.8. The van der Waals surface area contributed by atoms with Crippen LogP contribution in [0, 0.1) is 0 Å². The van der Waals surface area contributed by atoms with Crippen LogP contribution < -0.4 is 10.6 Å². The summed E-state index contributed by atoms with van der Waals surface area (Å²) in [6, 6.07) is 17.8. The first-order valence-corrected chi connectivity index (χ1v) is 11.4. The molecule has 2 aromatic carbocycles. The molecule has 7 heteroatoms. The number of carbonyl (C=O) groups excluding carboxylic acids is 2. The zero-order valence-corrected chi connectivity index (χ0v) is 19.7. The molecule has 6 nitrogen and oxygen atoms in total. The number of fused-ring (bicyclic) bond motifs is 1. The van der Waals surface area contributed by atoms with Crippen molar-refractivity contribution in [1.82, 2.24) is 10.3 Å². The lowest BCUT2D eigenvalue weighted by atomic mass is 10.1. The summed E-state index contributed by atoms with van der Waals surface area (Å²) in [5.74, 6) is 1.07. The second kappa shape index (κ2) is 10.6. The largest absolute Gasteiger partial charge is 0.444 e. The normalized spacial score (nSPS) is 12.4. The van der Waals surface area contributed by atoms with Gasteiger partial charge in [0.1, 0.15) is 11.4 Å². The van der Waals surface area contributed by atoms with Gasteiger partial charge >= 0.3 is 6.09 Å². The average Bonchev–Trinajstić information content (AvgIpc) is 3.07. The number of carbonyl (C=O) groups is 2. The van der Waals surface area contributed by atoms with E-state index < -0.39 is 11.7 Å². The zero-order chi connectivity index (χ0) is 23.1. The van der Waals surface area contributed by atoms with Crippen molar-refractivity contribution < 1.29 is 14.3 Å². The Balaban J connectivity index is 1.67. The fourth-order valence-corrected chi connectivity index (χ4v) is 3.79. The quantitative estimate of drug-likeness (QED) is 0.358. The van der Waals surface area contributed by atoms with Gasteiger partial charge < -0.3 is 15.0 Å². The fourth-order valence-electron chi connectivity index (χ4n) is 3.57. The Kier molecular flexibility index (Phi) is 7.85. The van der Waals surface area contributed by atoms with Gasteiger partial charge in [0.05, 0.1) is 0 Å². The molecule has 0 bridgehead atoms. The summed E-state index contributed by atoms with van der Waals surface area (Å²) in [7, 11) is 0. The predicted octanol–water partition coefficient (Wildman–Crippen LogP) is 5.10. The summed E-state index contributed by atoms with van der Waals surface area (Å²) < 4.78 is 5.38. The first-order chi connectivity index (χ1) is 15.2. The van der Waals surface area contributed by atoms with Crippen LogP contribution in [0.5, 0.6) is 0 Å². The third-order valence-corrected chi connectivity index (χ3v) is 5.39. The van der Waals surface area contributed by atoms with Crippen LogP contribution in [0.15, 0.2) is 54.6 Å². The second-order valence-electron chi connectivity index (χ2n) is 8.79. The number of thiol groups is 1. The third kappa shape index (κ3) is 6.79. The molecule has 1 aromatic heterocycles. The molecule has 2 amide bonds. The lowest BCUT2D eigenvalue weighted by molar-refractivity contribution is -0.121. The molecule has 1 heterocycles. The molecule has 0 saturated heterocycles. The summed E-state index contributed by atoms with van der Waals surface area (Å²) in [4.78, 5) is 28.2. The topological polar surface area (TPSA) is 83.2 Å². The van der Waals surface area contributed by atoms with Gasteiger partial charge in [0.15, 0.2) is 0 Å². The molecular weight excluding hydrogens is 422 g/mol. The molecule has 32 heavy (non-hydrogen) atoms. The highest BCUT2D eigenvalue weighted by atomic mass is 32.1. The highest BCUT2D eigenvalue weighted by molar-refractivity contribution is 7.80. The van der Waals surface area contributed by atoms with Crippen LogP contribution >= 0.6 is 12.6 Å². The smallest absolute Gasteiger partial charge is 0.413 e. The van der Waals surface area contributed by atoms with Gasteiger partial charge in [-0.25, -0.2) is 4.79 Å². The summed E-state index contributed by atoms with van der Waals surface area (Å²) in [5, 5.41) is 6.86. The van der Waals surface area contributed by atoms with E-state index in [1.807, 2.05) is 75.4 Å². The number of aromatic amines is 1. The van der Waals surface area contributed by atoms with Gasteiger partial charge in [-0.1, -0.05) is 48.5 Å². The fraction of sp³-hybridized carbons (Fsp3) is 0.360. The number of hydrogen-bond donors (Lipinski definition) is 4. The number of benzene rings is 2. The van der Waals surface area contributed by atoms with Crippen molar-refractivity contribution in [1.29, 1.82) is 0 Å². The van der Waals surface area contributed by atoms with E-state index in [0.717, 1.165) is 28.5 Å². The van der Waals surface area contributed by atoms with Crippen molar-refractivity contribution in [3.63, 3.8) is 0 Å². The molecule has 1 unspecified atom stereocenters. The van der Waals surface area contributed by atoms with E-state index in [9.17, 15) is 9.59 Å². The van der Waals surface area contributed by atoms with Crippen LogP contribution in [0.4, 0.5) is 10.6 Å². The average molecular weight is 454 g/mol. The number of nitrogens with one attached hydrogen (secondary N) is 3. The highest BCUT2D eigenvalue weighted by Gasteiger charge is 2.20. The van der Waals surface area contributed by atoms with Crippen LogP contribution in [0.25, 0.3) is 10.9 Å². The number of H-pyrrole nitrogens is 1. The number of anilines is 1. The van der Waals surface area contributed by atoms with Crippen LogP contribution in [0.2, 0.25) is 0 Å². The van der Waals surface area contributed by atoms with Crippen molar-refractivity contribution in [2.24, 2.45) is 0 Å². The lowest BCUT2D eigenvalue weighted by Gasteiger charge is -2.20. The highest BCUT2D eigenvalue weighted by Crippen LogP contribution is 2.28. The van der Waals surface area contributed by atoms with E-state index in [-0.39, 0.29) is 11.9 Å². The minimum absolute atomic E-state index is 0.0458. The van der Waals surface area contributed by atoms with E-state index in [1.54, 1.807) is 0 Å². The van der Waals surface area contributed by atoms with Crippen LogP contribution in [-0.2, 0) is 22.4 Å². The van der Waals surface area contributed by atoms with Gasteiger partial charge in [-0.2, -0.15) is 12.6 Å². The van der Waals surface area contributed by atoms with E-state index in [2.05, 4.69) is 28.2 Å². The number of rotatable bonds is 8. The molecule has 0 aliphatic rings. The Morgan fingerprint density at radius 2 is 1.75 bits per heavy atom. The van der Waals surface area contributed by atoms with E-state index in [4.69, 9.17) is 4.74 Å². The van der Waals surface area contributed by atoms with Gasteiger partial charge in [-0.05, 0) is 45.2 Å². The van der Waals surface area contributed by atoms with Crippen molar-refractivity contribution in [3.8, 4) is 0 Å². The minimum atomic E-state index is -0.600. The van der Waals surface area contributed by atoms with Crippen molar-refractivity contribution in [3.05, 3.63) is 65.7 Å². The van der Waals surface area contributed by atoms with Gasteiger partial charge in [-0.3, -0.25) is 10.1 Å². The number of para-hydroxylation sites is 1. The number of ether oxygens (including phenoxy) is 1. The maximum atomic E-state index is 12.7. The molecule has 3 rings (SSSR count). The summed E-state index contributed by atoms with van der Waals surface area (Å²) in [6.07, 6.45) is 0.970. The molecule has 3 aromatic rings. The van der Waals surface area contributed by atoms with Crippen molar-refractivity contribution >= 4 is 41.3 Å². The monoisotopic (exact) mass is 453 g/mol. The Morgan fingerprint density at radius 1 is 1.06 bits per heavy atom. The maximum absolute atomic E-state index is 12.7. The van der Waals surface area contributed by atoms with E-state index >= 15 is 0 Å². The first kappa shape index (κ1) is 23.7. The molecular formula is C25H31N3O3S. The Labute approximate surface area is 194 Å². The minimum Gasteiger partial charge on any atom is -0.444 e. The molecule has 0 aliphatic carbocycles. The third-order valence-electron chi connectivity index (χ3n) is 4.95. The van der Waals surface area contributed by atoms with Crippen molar-refractivity contribution in [2.45, 2.75) is 51.7 Å². The molecule has 0 fully saturated rings. The standard InChI is InChI=1S/C25H31N3O3S/c1-25(2,3)31-24(30)28-23-20(19-11-7-8-12-21(19)27-23)13-14-22(29)26-18(16-32)15-17-9-5-4-6-10-17/h4-12,18,27,32H,13-16H2,1-3H3,(H,26,29)(H,28,30). The summed E-state index contributed by atoms with van der Waals surface area (Å²) >= 11 is 4.40. The lowest BCUT2D eigenvalue weighted by Crippen LogP contribution is -2.38. The van der Waals surface area contributed by atoms with Crippen LogP contribution in [0.1, 0.15) is 38.3 Å². The van der Waals surface area contributed by atoms with Gasteiger partial charge in [0.25, 0.3) is 0 Å². The van der Waals surface area contributed by atoms with E-state index in [0.29, 0.717) is 24.4 Å². The number of hydrogen-bond acceptors (Lipinski definition) is 4. The second-order valence-corrected chi connectivity index (χ2v) is 9.15. The molecule has 0 saturated carbocycles. The summed E-state index contributed by atoms with van der Waals surface area (Å²) in [5.41, 5.74) is 2.34. The van der Waals surface area contributed by atoms with Gasteiger partial charge in [0, 0.05) is 34.7 Å². The Bertz CT molecular complexity index is 1060. The SMILES string of the molecule is CC(C)(C)OC(=O)Nc1[nH]c2ccccc2c1CCC(=O)NC(CS)Cc1ccccc1. The number of amides is 2. The molecule has 0 radical (unpaired) electrons. The van der Waals surface area contributed by atoms with Gasteiger partial charge in [-0.15, -0.1) is 0 Å². The van der Waals surface area contributed by atoms with Crippen molar-refractivity contribution in [2.75, 3.05) is 11.1 Å². The maximum Gasteiger partial charge on any atom is 0.413 e. The Hall–Kier alpha value is -2.93. The molecule has 1 atom stereocenters. The van der Waals surface area contributed by atoms with Crippen LogP contribution in [0.3, 0.4) is 0 Å². The summed E-state index contributed by atoms with van der Waals surface area (Å²) in [6.45, 7) is 5.45. The first-order valence-electron chi connectivity index (χ1n) is 10.8. The molecule has 170 valence electrons. The van der Waals surface area contributed by atoms with Crippen LogP contribution in [-0.4, -0.2) is 34.4 Å². The number of aromatic nitrogens is 1. The Morgan fingerprint density at radius 3 is 2.44 bits per heavy atom.